The Hall–Kier alpha value is -1.36. The van der Waals surface area contributed by atoms with Crippen LogP contribution in [0.1, 0.15) is 44.1 Å². The molecule has 3 heterocycles. The van der Waals surface area contributed by atoms with Crippen LogP contribution >= 0.6 is 11.3 Å². The van der Waals surface area contributed by atoms with Crippen molar-refractivity contribution < 1.29 is 9.59 Å². The van der Waals surface area contributed by atoms with Crippen LogP contribution in [0.15, 0.2) is 16.8 Å². The molecule has 0 bridgehead atoms. The summed E-state index contributed by atoms with van der Waals surface area (Å²) < 4.78 is 0. The highest BCUT2D eigenvalue weighted by molar-refractivity contribution is 7.08. The zero-order valence-corrected chi connectivity index (χ0v) is 15.0. The lowest BCUT2D eigenvalue weighted by molar-refractivity contribution is -0.147. The van der Waals surface area contributed by atoms with Crippen molar-refractivity contribution in [2.24, 2.45) is 11.3 Å². The fraction of sp³-hybridized carbons (Fsp3) is 0.684. The van der Waals surface area contributed by atoms with E-state index in [1.807, 2.05) is 21.7 Å². The molecule has 1 aromatic rings. The molecule has 1 aromatic heterocycles. The number of carbonyl (C=O) groups excluding carboxylic acids is 2. The Morgan fingerprint density at radius 1 is 1.25 bits per heavy atom. The van der Waals surface area contributed by atoms with Gasteiger partial charge in [-0.2, -0.15) is 11.3 Å². The average Bonchev–Trinajstić information content (AvgIpc) is 3.18. The molecular formula is C19H26N2O2S. The highest BCUT2D eigenvalue weighted by atomic mass is 32.1. The van der Waals surface area contributed by atoms with Crippen LogP contribution in [0.3, 0.4) is 0 Å². The second kappa shape index (κ2) is 6.51. The van der Waals surface area contributed by atoms with Gasteiger partial charge in [0.1, 0.15) is 0 Å². The van der Waals surface area contributed by atoms with Crippen molar-refractivity contribution in [3.8, 4) is 0 Å². The Balaban J connectivity index is 1.39. The van der Waals surface area contributed by atoms with Crippen LogP contribution in [-0.2, 0) is 16.0 Å². The molecule has 3 fully saturated rings. The number of amides is 2. The second-order valence-corrected chi connectivity index (χ2v) is 8.59. The Morgan fingerprint density at radius 2 is 2.12 bits per heavy atom. The maximum atomic E-state index is 13.1. The van der Waals surface area contributed by atoms with Crippen molar-refractivity contribution >= 4 is 23.2 Å². The minimum Gasteiger partial charge on any atom is -0.342 e. The summed E-state index contributed by atoms with van der Waals surface area (Å²) in [7, 11) is 0. The molecule has 130 valence electrons. The van der Waals surface area contributed by atoms with Crippen molar-refractivity contribution in [2.45, 2.75) is 44.9 Å². The average molecular weight is 346 g/mol. The van der Waals surface area contributed by atoms with E-state index in [2.05, 4.69) is 4.90 Å². The molecule has 1 aliphatic carbocycles. The number of likely N-dealkylation sites (tertiary alicyclic amines) is 2. The van der Waals surface area contributed by atoms with Crippen LogP contribution < -0.4 is 0 Å². The van der Waals surface area contributed by atoms with Gasteiger partial charge in [0.2, 0.25) is 11.8 Å². The van der Waals surface area contributed by atoms with Crippen molar-refractivity contribution in [1.29, 1.82) is 0 Å². The zero-order chi connectivity index (χ0) is 16.6. The first-order valence-corrected chi connectivity index (χ1v) is 10.2. The van der Waals surface area contributed by atoms with Gasteiger partial charge in [-0.05, 0) is 60.4 Å². The van der Waals surface area contributed by atoms with Crippen molar-refractivity contribution in [2.75, 3.05) is 26.2 Å². The molecule has 3 aliphatic rings. The van der Waals surface area contributed by atoms with Gasteiger partial charge in [0.05, 0.1) is 11.8 Å². The Labute approximate surface area is 147 Å². The number of rotatable bonds is 4. The van der Waals surface area contributed by atoms with E-state index in [0.29, 0.717) is 18.9 Å². The highest BCUT2D eigenvalue weighted by Crippen LogP contribution is 2.41. The van der Waals surface area contributed by atoms with E-state index in [4.69, 9.17) is 0 Å². The highest BCUT2D eigenvalue weighted by Gasteiger charge is 2.49. The van der Waals surface area contributed by atoms with E-state index in [1.165, 1.54) is 19.3 Å². The summed E-state index contributed by atoms with van der Waals surface area (Å²) in [6.45, 7) is 3.24. The van der Waals surface area contributed by atoms with Gasteiger partial charge in [-0.15, -0.1) is 0 Å². The SMILES string of the molecule is O=C(Cc1ccsc1)N1CCC2(CCCN(CC3CCC3)C2=O)C1. The van der Waals surface area contributed by atoms with Gasteiger partial charge in [0, 0.05) is 26.2 Å². The zero-order valence-electron chi connectivity index (χ0n) is 14.2. The van der Waals surface area contributed by atoms with Crippen LogP contribution in [0.2, 0.25) is 0 Å². The molecule has 1 saturated carbocycles. The third kappa shape index (κ3) is 2.99. The van der Waals surface area contributed by atoms with Gasteiger partial charge in [-0.1, -0.05) is 6.42 Å². The van der Waals surface area contributed by atoms with Gasteiger partial charge in [0.15, 0.2) is 0 Å². The normalized spacial score (nSPS) is 27.8. The number of carbonyl (C=O) groups is 2. The lowest BCUT2D eigenvalue weighted by Gasteiger charge is -2.42. The predicted octanol–water partition coefficient (Wildman–Crippen LogP) is 2.93. The van der Waals surface area contributed by atoms with Gasteiger partial charge in [-0.25, -0.2) is 0 Å². The fourth-order valence-electron chi connectivity index (χ4n) is 4.46. The molecule has 0 aromatic carbocycles. The van der Waals surface area contributed by atoms with Crippen molar-refractivity contribution in [3.63, 3.8) is 0 Å². The molecule has 2 aliphatic heterocycles. The molecule has 1 atom stereocenters. The minimum absolute atomic E-state index is 0.175. The summed E-state index contributed by atoms with van der Waals surface area (Å²) in [4.78, 5) is 29.7. The van der Waals surface area contributed by atoms with Crippen LogP contribution in [-0.4, -0.2) is 47.8 Å². The summed E-state index contributed by atoms with van der Waals surface area (Å²) in [6, 6.07) is 2.01. The Bertz CT molecular complexity index is 611. The first kappa shape index (κ1) is 16.1. The quantitative estimate of drug-likeness (QED) is 0.841. The summed E-state index contributed by atoms with van der Waals surface area (Å²) in [6.07, 6.45) is 7.24. The van der Waals surface area contributed by atoms with Crippen LogP contribution in [0.4, 0.5) is 0 Å². The number of hydrogen-bond donors (Lipinski definition) is 0. The third-order valence-electron chi connectivity index (χ3n) is 6.17. The molecule has 2 amide bonds. The standard InChI is InChI=1S/C19H26N2O2S/c22-17(11-16-5-10-24-13-16)21-9-7-19(14-21)6-2-8-20(18(19)23)12-15-3-1-4-15/h5,10,13,15H,1-4,6-9,11-12,14H2. The van der Waals surface area contributed by atoms with Crippen molar-refractivity contribution in [3.05, 3.63) is 22.4 Å². The maximum absolute atomic E-state index is 13.1. The molecule has 0 N–H and O–H groups in total. The largest absolute Gasteiger partial charge is 0.342 e. The topological polar surface area (TPSA) is 40.6 Å². The Kier molecular flexibility index (Phi) is 4.37. The molecular weight excluding hydrogens is 320 g/mol. The smallest absolute Gasteiger partial charge is 0.230 e. The fourth-order valence-corrected chi connectivity index (χ4v) is 5.13. The van der Waals surface area contributed by atoms with E-state index in [1.54, 1.807) is 11.3 Å². The first-order valence-electron chi connectivity index (χ1n) is 9.24. The first-order chi connectivity index (χ1) is 11.7. The summed E-state index contributed by atoms with van der Waals surface area (Å²) in [5.41, 5.74) is 0.805. The van der Waals surface area contributed by atoms with E-state index >= 15 is 0 Å². The van der Waals surface area contributed by atoms with Gasteiger partial charge in [-0.3, -0.25) is 9.59 Å². The van der Waals surface area contributed by atoms with Crippen LogP contribution in [0.5, 0.6) is 0 Å². The van der Waals surface area contributed by atoms with E-state index in [0.717, 1.165) is 50.4 Å². The maximum Gasteiger partial charge on any atom is 0.230 e. The summed E-state index contributed by atoms with van der Waals surface area (Å²) in [5, 5.41) is 4.05. The van der Waals surface area contributed by atoms with Crippen molar-refractivity contribution in [1.82, 2.24) is 9.80 Å². The molecule has 1 unspecified atom stereocenters. The minimum atomic E-state index is -0.285. The molecule has 4 nitrogen and oxygen atoms in total. The molecule has 4 rings (SSSR count). The number of hydrogen-bond acceptors (Lipinski definition) is 3. The van der Waals surface area contributed by atoms with E-state index < -0.39 is 0 Å². The Morgan fingerprint density at radius 3 is 2.83 bits per heavy atom. The molecule has 5 heteroatoms. The summed E-state index contributed by atoms with van der Waals surface area (Å²) in [5.74, 6) is 1.22. The lowest BCUT2D eigenvalue weighted by Crippen LogP contribution is -2.52. The second-order valence-electron chi connectivity index (χ2n) is 7.81. The number of piperidine rings is 1. The van der Waals surface area contributed by atoms with Gasteiger partial charge < -0.3 is 9.80 Å². The van der Waals surface area contributed by atoms with Gasteiger partial charge in [0.25, 0.3) is 0 Å². The lowest BCUT2D eigenvalue weighted by atomic mass is 9.77. The van der Waals surface area contributed by atoms with E-state index in [9.17, 15) is 9.59 Å². The van der Waals surface area contributed by atoms with Gasteiger partial charge >= 0.3 is 0 Å². The number of thiophene rings is 1. The molecule has 1 spiro atoms. The molecule has 24 heavy (non-hydrogen) atoms. The molecule has 0 radical (unpaired) electrons. The van der Waals surface area contributed by atoms with Crippen LogP contribution in [0, 0.1) is 11.3 Å². The number of nitrogens with zero attached hydrogens (tertiary/aromatic N) is 2. The summed E-state index contributed by atoms with van der Waals surface area (Å²) >= 11 is 1.63. The van der Waals surface area contributed by atoms with Crippen LogP contribution in [0.25, 0.3) is 0 Å². The predicted molar refractivity (Wildman–Crippen MR) is 94.8 cm³/mol. The van der Waals surface area contributed by atoms with E-state index in [-0.39, 0.29) is 11.3 Å². The monoisotopic (exact) mass is 346 g/mol. The third-order valence-corrected chi connectivity index (χ3v) is 6.90. The molecule has 2 saturated heterocycles.